The van der Waals surface area contributed by atoms with E-state index in [1.165, 1.54) is 6.92 Å². The molecule has 32 heavy (non-hydrogen) atoms. The lowest BCUT2D eigenvalue weighted by Gasteiger charge is -2.30. The van der Waals surface area contributed by atoms with Crippen LogP contribution in [0.1, 0.15) is 23.6 Å². The summed E-state index contributed by atoms with van der Waals surface area (Å²) in [4.78, 5) is 24.5. The van der Waals surface area contributed by atoms with Crippen LogP contribution in [0.4, 0.5) is 0 Å². The van der Waals surface area contributed by atoms with Crippen molar-refractivity contribution in [2.45, 2.75) is 45.1 Å². The molecule has 0 aromatic heterocycles. The summed E-state index contributed by atoms with van der Waals surface area (Å²) in [5, 5.41) is 0. The Morgan fingerprint density at radius 2 is 1.09 bits per heavy atom. The maximum Gasteiger partial charge on any atom is 0.161 e. The van der Waals surface area contributed by atoms with Crippen LogP contribution in [-0.4, -0.2) is 30.4 Å². The van der Waals surface area contributed by atoms with Gasteiger partial charge in [0.2, 0.25) is 0 Å². The molecule has 0 saturated carbocycles. The van der Waals surface area contributed by atoms with Crippen LogP contribution in [0, 0.1) is 0 Å². The van der Waals surface area contributed by atoms with Crippen LogP contribution in [0.5, 0.6) is 0 Å². The Hall–Kier alpha value is -3.12. The topological polar surface area (TPSA) is 61.8 Å². The molecular weight excluding hydrogens is 404 g/mol. The highest BCUT2D eigenvalue weighted by atomic mass is 16.6. The van der Waals surface area contributed by atoms with E-state index in [-0.39, 0.29) is 25.6 Å². The van der Waals surface area contributed by atoms with Gasteiger partial charge in [-0.3, -0.25) is 4.79 Å². The van der Waals surface area contributed by atoms with E-state index >= 15 is 0 Å². The van der Waals surface area contributed by atoms with E-state index in [0.29, 0.717) is 6.29 Å². The summed E-state index contributed by atoms with van der Waals surface area (Å²) in [6.45, 7) is 2.11. The van der Waals surface area contributed by atoms with Crippen molar-refractivity contribution >= 4 is 12.1 Å². The summed E-state index contributed by atoms with van der Waals surface area (Å²) < 4.78 is 17.9. The molecule has 0 saturated heterocycles. The summed E-state index contributed by atoms with van der Waals surface area (Å²) in [5.41, 5.74) is 2.77. The Bertz CT molecular complexity index is 944. The zero-order valence-electron chi connectivity index (χ0n) is 18.1. The summed E-state index contributed by atoms with van der Waals surface area (Å²) in [6, 6.07) is 28.7. The molecule has 3 rings (SSSR count). The molecule has 3 aromatic carbocycles. The van der Waals surface area contributed by atoms with E-state index in [9.17, 15) is 9.59 Å². The molecule has 166 valence electrons. The van der Waals surface area contributed by atoms with Crippen molar-refractivity contribution in [2.75, 3.05) is 0 Å². The first-order valence-corrected chi connectivity index (χ1v) is 10.6. The van der Waals surface area contributed by atoms with Gasteiger partial charge in [0.25, 0.3) is 0 Å². The highest BCUT2D eigenvalue weighted by molar-refractivity contribution is 5.82. The van der Waals surface area contributed by atoms with Crippen LogP contribution in [0.3, 0.4) is 0 Å². The van der Waals surface area contributed by atoms with Gasteiger partial charge in [-0.05, 0) is 23.6 Å². The van der Waals surface area contributed by atoms with E-state index in [4.69, 9.17) is 14.2 Å². The van der Waals surface area contributed by atoms with Gasteiger partial charge in [0, 0.05) is 0 Å². The van der Waals surface area contributed by atoms with Crippen LogP contribution in [0.2, 0.25) is 0 Å². The van der Waals surface area contributed by atoms with Gasteiger partial charge in [-0.1, -0.05) is 91.0 Å². The zero-order chi connectivity index (χ0) is 22.6. The number of carbonyl (C=O) groups excluding carboxylic acids is 2. The molecule has 0 aliphatic heterocycles. The van der Waals surface area contributed by atoms with Gasteiger partial charge < -0.3 is 19.0 Å². The van der Waals surface area contributed by atoms with Crippen molar-refractivity contribution in [3.05, 3.63) is 108 Å². The van der Waals surface area contributed by atoms with Crippen LogP contribution < -0.4 is 0 Å². The minimum absolute atomic E-state index is 0.221. The lowest BCUT2D eigenvalue weighted by molar-refractivity contribution is -0.167. The number of ether oxygens (including phenoxy) is 3. The van der Waals surface area contributed by atoms with Crippen molar-refractivity contribution in [3.8, 4) is 0 Å². The number of benzene rings is 3. The molecule has 5 heteroatoms. The standard InChI is InChI=1S/C27H28O5/c1-21(29)26(31-19-23-13-7-3-8-14-23)27(32-20-24-15-9-4-10-16-24)25(17-28)30-18-22-11-5-2-6-12-22/h2-17,25-27H,18-20H2,1H3/t25-,26+,27+/m1/s1. The second kappa shape index (κ2) is 12.7. The summed E-state index contributed by atoms with van der Waals surface area (Å²) in [5.74, 6) is -0.228. The Labute approximate surface area is 188 Å². The SMILES string of the molecule is CC(=O)[C@H](OCc1ccccc1)[C@@H](OCc1ccccc1)[C@@H](C=O)OCc1ccccc1. The number of aldehydes is 1. The van der Waals surface area contributed by atoms with E-state index in [2.05, 4.69) is 0 Å². The molecule has 0 amide bonds. The van der Waals surface area contributed by atoms with Crippen molar-refractivity contribution < 1.29 is 23.8 Å². The Balaban J connectivity index is 1.76. The molecule has 0 aliphatic rings. The Morgan fingerprint density at radius 1 is 0.688 bits per heavy atom. The predicted molar refractivity (Wildman–Crippen MR) is 122 cm³/mol. The molecule has 3 aromatic rings. The Kier molecular flexibility index (Phi) is 9.32. The first kappa shape index (κ1) is 23.5. The molecule has 5 nitrogen and oxygen atoms in total. The van der Waals surface area contributed by atoms with Gasteiger partial charge in [-0.15, -0.1) is 0 Å². The predicted octanol–water partition coefficient (Wildman–Crippen LogP) is 4.53. The van der Waals surface area contributed by atoms with Gasteiger partial charge in [-0.2, -0.15) is 0 Å². The number of Topliss-reactive ketones (excluding diaryl/α,β-unsaturated/α-hetero) is 1. The first-order chi connectivity index (χ1) is 15.7. The lowest BCUT2D eigenvalue weighted by Crippen LogP contribution is -2.46. The minimum Gasteiger partial charge on any atom is -0.367 e. The van der Waals surface area contributed by atoms with Crippen LogP contribution in [0.15, 0.2) is 91.0 Å². The van der Waals surface area contributed by atoms with E-state index < -0.39 is 18.3 Å². The molecule has 0 unspecified atom stereocenters. The van der Waals surface area contributed by atoms with Gasteiger partial charge in [0.1, 0.15) is 18.3 Å². The molecule has 3 atom stereocenters. The molecule has 0 N–H and O–H groups in total. The fourth-order valence-electron chi connectivity index (χ4n) is 3.30. The largest absolute Gasteiger partial charge is 0.367 e. The maximum absolute atomic E-state index is 12.5. The smallest absolute Gasteiger partial charge is 0.161 e. The van der Waals surface area contributed by atoms with Crippen molar-refractivity contribution in [1.29, 1.82) is 0 Å². The van der Waals surface area contributed by atoms with E-state index in [1.54, 1.807) is 0 Å². The van der Waals surface area contributed by atoms with Gasteiger partial charge in [0.15, 0.2) is 12.1 Å². The van der Waals surface area contributed by atoms with Gasteiger partial charge in [-0.25, -0.2) is 0 Å². The highest BCUT2D eigenvalue weighted by Gasteiger charge is 2.35. The number of ketones is 1. The molecule has 0 heterocycles. The lowest BCUT2D eigenvalue weighted by atomic mass is 10.0. The van der Waals surface area contributed by atoms with E-state index in [1.807, 2.05) is 91.0 Å². The molecule has 0 fully saturated rings. The minimum atomic E-state index is -0.969. The van der Waals surface area contributed by atoms with Gasteiger partial charge in [0.05, 0.1) is 19.8 Å². The molecule has 0 bridgehead atoms. The summed E-state index contributed by atoms with van der Waals surface area (Å²) in [6.07, 6.45) is -2.13. The highest BCUT2D eigenvalue weighted by Crippen LogP contribution is 2.18. The zero-order valence-corrected chi connectivity index (χ0v) is 18.1. The van der Waals surface area contributed by atoms with E-state index in [0.717, 1.165) is 16.7 Å². The van der Waals surface area contributed by atoms with Crippen LogP contribution >= 0.6 is 0 Å². The fourth-order valence-corrected chi connectivity index (χ4v) is 3.30. The first-order valence-electron chi connectivity index (χ1n) is 10.6. The van der Waals surface area contributed by atoms with Crippen molar-refractivity contribution in [3.63, 3.8) is 0 Å². The number of rotatable bonds is 13. The van der Waals surface area contributed by atoms with Crippen molar-refractivity contribution in [2.24, 2.45) is 0 Å². The number of hydrogen-bond donors (Lipinski definition) is 0. The number of carbonyl (C=O) groups is 2. The molecule has 0 aliphatic carbocycles. The van der Waals surface area contributed by atoms with Gasteiger partial charge >= 0.3 is 0 Å². The average Bonchev–Trinajstić information content (AvgIpc) is 2.84. The van der Waals surface area contributed by atoms with Crippen LogP contribution in [-0.2, 0) is 43.6 Å². The maximum atomic E-state index is 12.5. The summed E-state index contributed by atoms with van der Waals surface area (Å²) in [7, 11) is 0. The second-order valence-corrected chi connectivity index (χ2v) is 7.49. The third-order valence-electron chi connectivity index (χ3n) is 5.00. The third-order valence-corrected chi connectivity index (χ3v) is 5.00. The number of hydrogen-bond acceptors (Lipinski definition) is 5. The fraction of sp³-hybridized carbons (Fsp3) is 0.259. The quantitative estimate of drug-likeness (QED) is 0.371. The Morgan fingerprint density at radius 3 is 1.50 bits per heavy atom. The molecular formula is C27H28O5. The summed E-state index contributed by atoms with van der Waals surface area (Å²) >= 11 is 0. The third kappa shape index (κ3) is 7.24. The second-order valence-electron chi connectivity index (χ2n) is 7.49. The average molecular weight is 433 g/mol. The molecule has 0 radical (unpaired) electrons. The monoisotopic (exact) mass is 432 g/mol. The molecule has 0 spiro atoms. The van der Waals surface area contributed by atoms with Crippen LogP contribution in [0.25, 0.3) is 0 Å². The normalized spacial score (nSPS) is 13.8. The van der Waals surface area contributed by atoms with Crippen molar-refractivity contribution in [1.82, 2.24) is 0 Å².